The highest BCUT2D eigenvalue weighted by atomic mass is 16.6. The van der Waals surface area contributed by atoms with Gasteiger partial charge in [0.25, 0.3) is 5.91 Å². The Balaban J connectivity index is 1.15. The van der Waals surface area contributed by atoms with Crippen LogP contribution in [0.5, 0.6) is 0 Å². The number of likely N-dealkylation sites (tertiary alicyclic amines) is 1. The summed E-state index contributed by atoms with van der Waals surface area (Å²) in [5.41, 5.74) is 4.38. The number of nitrogens with zero attached hydrogens (tertiary/aromatic N) is 5. The SMILES string of the molecule is CCOC(=O)N1CC=C(c2cccn3nc(Nc4ccc(C(=O)N5CC6CNC6C5)cc4)nc23)CC1. The van der Waals surface area contributed by atoms with Gasteiger partial charge in [-0.25, -0.2) is 9.31 Å². The van der Waals surface area contributed by atoms with Crippen molar-refractivity contribution in [3.8, 4) is 0 Å². The fourth-order valence-corrected chi connectivity index (χ4v) is 5.13. The minimum Gasteiger partial charge on any atom is -0.450 e. The van der Waals surface area contributed by atoms with E-state index in [2.05, 4.69) is 21.8 Å². The first-order valence-electron chi connectivity index (χ1n) is 12.5. The Kier molecular flexibility index (Phi) is 5.80. The Morgan fingerprint density at radius 3 is 2.69 bits per heavy atom. The first kappa shape index (κ1) is 22.5. The predicted octanol–water partition coefficient (Wildman–Crippen LogP) is 2.76. The molecule has 0 bridgehead atoms. The fourth-order valence-electron chi connectivity index (χ4n) is 5.13. The lowest BCUT2D eigenvalue weighted by Crippen LogP contribution is -2.51. The van der Waals surface area contributed by atoms with Crippen molar-refractivity contribution >= 4 is 34.9 Å². The number of benzene rings is 1. The Hall–Kier alpha value is -3.92. The zero-order valence-corrected chi connectivity index (χ0v) is 20.2. The van der Waals surface area contributed by atoms with Crippen molar-refractivity contribution in [3.63, 3.8) is 0 Å². The number of nitrogens with one attached hydrogen (secondary N) is 2. The number of amides is 2. The number of anilines is 2. The van der Waals surface area contributed by atoms with Crippen LogP contribution in [0, 0.1) is 5.92 Å². The van der Waals surface area contributed by atoms with Crippen LogP contribution in [0.25, 0.3) is 11.2 Å². The first-order valence-corrected chi connectivity index (χ1v) is 12.5. The van der Waals surface area contributed by atoms with Crippen molar-refractivity contribution in [2.45, 2.75) is 19.4 Å². The summed E-state index contributed by atoms with van der Waals surface area (Å²) in [5, 5.41) is 11.2. The molecular weight excluding hydrogens is 458 g/mol. The monoisotopic (exact) mass is 487 g/mol. The molecule has 2 fully saturated rings. The Bertz CT molecular complexity index is 1320. The molecule has 2 atom stereocenters. The lowest BCUT2D eigenvalue weighted by Gasteiger charge is -2.29. The molecule has 0 aliphatic carbocycles. The number of hydrogen-bond donors (Lipinski definition) is 2. The lowest BCUT2D eigenvalue weighted by atomic mass is 9.96. The molecule has 0 saturated carbocycles. The number of carbonyl (C=O) groups is 2. The quantitative estimate of drug-likeness (QED) is 0.570. The van der Waals surface area contributed by atoms with Gasteiger partial charge in [0.15, 0.2) is 5.65 Å². The van der Waals surface area contributed by atoms with Gasteiger partial charge in [-0.15, -0.1) is 5.10 Å². The smallest absolute Gasteiger partial charge is 0.410 e. The van der Waals surface area contributed by atoms with Crippen molar-refractivity contribution in [1.29, 1.82) is 0 Å². The van der Waals surface area contributed by atoms with Crippen LogP contribution in [-0.2, 0) is 4.74 Å². The summed E-state index contributed by atoms with van der Waals surface area (Å²) in [7, 11) is 0. The van der Waals surface area contributed by atoms with E-state index in [1.807, 2.05) is 54.4 Å². The molecule has 1 aromatic carbocycles. The second-order valence-electron chi connectivity index (χ2n) is 9.44. The van der Waals surface area contributed by atoms with E-state index >= 15 is 0 Å². The number of hydrogen-bond acceptors (Lipinski definition) is 7. The van der Waals surface area contributed by atoms with Crippen LogP contribution in [0.1, 0.15) is 29.3 Å². The molecule has 2 unspecified atom stereocenters. The van der Waals surface area contributed by atoms with E-state index in [-0.39, 0.29) is 12.0 Å². The number of carbonyl (C=O) groups excluding carboxylic acids is 2. The van der Waals surface area contributed by atoms with E-state index in [1.165, 1.54) is 0 Å². The molecule has 10 heteroatoms. The topological polar surface area (TPSA) is 104 Å². The van der Waals surface area contributed by atoms with Crippen LogP contribution < -0.4 is 10.6 Å². The summed E-state index contributed by atoms with van der Waals surface area (Å²) < 4.78 is 6.86. The van der Waals surface area contributed by atoms with E-state index < -0.39 is 0 Å². The van der Waals surface area contributed by atoms with Crippen LogP contribution in [0.15, 0.2) is 48.7 Å². The Morgan fingerprint density at radius 1 is 1.17 bits per heavy atom. The molecule has 36 heavy (non-hydrogen) atoms. The molecule has 0 spiro atoms. The third kappa shape index (κ3) is 4.17. The summed E-state index contributed by atoms with van der Waals surface area (Å²) in [6.45, 7) is 5.92. The van der Waals surface area contributed by atoms with Gasteiger partial charge in [0.05, 0.1) is 6.61 Å². The molecule has 10 nitrogen and oxygen atoms in total. The molecular formula is C26H29N7O3. The zero-order valence-electron chi connectivity index (χ0n) is 20.2. The fraction of sp³-hybridized carbons (Fsp3) is 0.385. The van der Waals surface area contributed by atoms with Gasteiger partial charge in [0, 0.05) is 67.7 Å². The molecule has 3 aromatic rings. The maximum Gasteiger partial charge on any atom is 0.410 e. The molecule has 3 aliphatic rings. The largest absolute Gasteiger partial charge is 0.450 e. The first-order chi connectivity index (χ1) is 17.6. The van der Waals surface area contributed by atoms with Crippen LogP contribution in [-0.4, -0.2) is 81.8 Å². The van der Waals surface area contributed by atoms with E-state index in [1.54, 1.807) is 9.42 Å². The third-order valence-electron chi connectivity index (χ3n) is 7.20. The van der Waals surface area contributed by atoms with Gasteiger partial charge in [0.1, 0.15) is 0 Å². The molecule has 0 radical (unpaired) electrons. The van der Waals surface area contributed by atoms with E-state index in [0.717, 1.165) is 48.5 Å². The van der Waals surface area contributed by atoms with E-state index in [4.69, 9.17) is 9.72 Å². The van der Waals surface area contributed by atoms with E-state index in [9.17, 15) is 9.59 Å². The molecule has 186 valence electrons. The second kappa shape index (κ2) is 9.27. The molecule has 2 N–H and O–H groups in total. The lowest BCUT2D eigenvalue weighted by molar-refractivity contribution is 0.0789. The van der Waals surface area contributed by atoms with Crippen LogP contribution in [0.2, 0.25) is 0 Å². The molecule has 6 rings (SSSR count). The molecule has 2 saturated heterocycles. The minimum absolute atomic E-state index is 0.0792. The van der Waals surface area contributed by atoms with Crippen LogP contribution in [0.3, 0.4) is 0 Å². The Labute approximate surface area is 208 Å². The third-order valence-corrected chi connectivity index (χ3v) is 7.20. The maximum atomic E-state index is 12.8. The van der Waals surface area contributed by atoms with Crippen molar-refractivity contribution < 1.29 is 14.3 Å². The second-order valence-corrected chi connectivity index (χ2v) is 9.44. The van der Waals surface area contributed by atoms with Crippen molar-refractivity contribution in [2.75, 3.05) is 44.6 Å². The number of fused-ring (bicyclic) bond motifs is 2. The van der Waals surface area contributed by atoms with Gasteiger partial charge < -0.3 is 25.2 Å². The predicted molar refractivity (Wildman–Crippen MR) is 135 cm³/mol. The standard InChI is InChI=1S/C26H29N7O3/c1-2-36-26(35)31-12-9-17(10-13-31)21-4-3-11-33-23(21)29-25(30-33)28-20-7-5-18(6-8-20)24(34)32-15-19-14-27-22(19)16-32/h3-9,11,19,22,27H,2,10,12-16H2,1H3,(H,28,30). The molecule has 3 aliphatic heterocycles. The summed E-state index contributed by atoms with van der Waals surface area (Å²) in [5.74, 6) is 1.16. The van der Waals surface area contributed by atoms with Gasteiger partial charge in [-0.05, 0) is 55.3 Å². The normalized spacial score (nSPS) is 21.1. The van der Waals surface area contributed by atoms with Crippen LogP contribution >= 0.6 is 0 Å². The van der Waals surface area contributed by atoms with Gasteiger partial charge in [-0.3, -0.25) is 4.79 Å². The number of rotatable bonds is 5. The van der Waals surface area contributed by atoms with E-state index in [0.29, 0.717) is 43.2 Å². The highest BCUT2D eigenvalue weighted by molar-refractivity contribution is 5.95. The summed E-state index contributed by atoms with van der Waals surface area (Å²) in [6.07, 6.45) is 4.36. The van der Waals surface area contributed by atoms with Crippen molar-refractivity contribution in [3.05, 3.63) is 59.8 Å². The summed E-state index contributed by atoms with van der Waals surface area (Å²) in [4.78, 5) is 33.2. The molecule has 5 heterocycles. The highest BCUT2D eigenvalue weighted by Gasteiger charge is 2.40. The molecule has 2 aromatic heterocycles. The maximum absolute atomic E-state index is 12.8. The average Bonchev–Trinajstić information content (AvgIpc) is 3.43. The number of ether oxygens (including phenoxy) is 1. The van der Waals surface area contributed by atoms with Gasteiger partial charge in [-0.1, -0.05) is 6.08 Å². The van der Waals surface area contributed by atoms with Crippen molar-refractivity contribution in [2.24, 2.45) is 5.92 Å². The van der Waals surface area contributed by atoms with Gasteiger partial charge >= 0.3 is 6.09 Å². The average molecular weight is 488 g/mol. The van der Waals surface area contributed by atoms with Crippen LogP contribution in [0.4, 0.5) is 16.4 Å². The highest BCUT2D eigenvalue weighted by Crippen LogP contribution is 2.28. The van der Waals surface area contributed by atoms with Crippen molar-refractivity contribution in [1.82, 2.24) is 29.7 Å². The Morgan fingerprint density at radius 2 is 2.03 bits per heavy atom. The van der Waals surface area contributed by atoms with Gasteiger partial charge in [0.2, 0.25) is 5.95 Å². The molecule has 2 amide bonds. The summed E-state index contributed by atoms with van der Waals surface area (Å²) >= 11 is 0. The van der Waals surface area contributed by atoms with Gasteiger partial charge in [-0.2, -0.15) is 4.98 Å². The summed E-state index contributed by atoms with van der Waals surface area (Å²) in [6, 6.07) is 11.9. The zero-order chi connectivity index (χ0) is 24.6. The minimum atomic E-state index is -0.280. The number of pyridine rings is 1. The number of aromatic nitrogens is 3.